The van der Waals surface area contributed by atoms with Crippen LogP contribution in [0.15, 0.2) is 60.8 Å². The van der Waals surface area contributed by atoms with Crippen molar-refractivity contribution >= 4 is 5.91 Å². The average molecular weight is 306 g/mol. The van der Waals surface area contributed by atoms with Crippen molar-refractivity contribution in [1.82, 2.24) is 20.3 Å². The van der Waals surface area contributed by atoms with Crippen molar-refractivity contribution in [2.45, 2.75) is 19.9 Å². The van der Waals surface area contributed by atoms with Gasteiger partial charge in [0.1, 0.15) is 0 Å². The molecule has 0 aliphatic carbocycles. The molecule has 1 heterocycles. The molecule has 0 aliphatic rings. The van der Waals surface area contributed by atoms with Gasteiger partial charge < -0.3 is 5.32 Å². The van der Waals surface area contributed by atoms with Crippen molar-refractivity contribution in [3.63, 3.8) is 0 Å². The summed E-state index contributed by atoms with van der Waals surface area (Å²) in [4.78, 5) is 12.1. The maximum Gasteiger partial charge on any atom is 0.273 e. The van der Waals surface area contributed by atoms with E-state index in [4.69, 9.17) is 0 Å². The molecule has 3 rings (SSSR count). The molecule has 23 heavy (non-hydrogen) atoms. The molecule has 2 aromatic carbocycles. The summed E-state index contributed by atoms with van der Waals surface area (Å²) in [6, 6.07) is 17.8. The van der Waals surface area contributed by atoms with E-state index in [0.29, 0.717) is 12.2 Å². The van der Waals surface area contributed by atoms with Gasteiger partial charge in [0.25, 0.3) is 5.91 Å². The predicted molar refractivity (Wildman–Crippen MR) is 88.3 cm³/mol. The third kappa shape index (κ3) is 3.63. The molecule has 0 saturated heterocycles. The van der Waals surface area contributed by atoms with Crippen LogP contribution < -0.4 is 5.32 Å². The Kier molecular flexibility index (Phi) is 4.47. The minimum Gasteiger partial charge on any atom is -0.347 e. The van der Waals surface area contributed by atoms with Crippen LogP contribution >= 0.6 is 0 Å². The molecular weight excluding hydrogens is 288 g/mol. The summed E-state index contributed by atoms with van der Waals surface area (Å²) < 4.78 is 1.61. The van der Waals surface area contributed by atoms with Gasteiger partial charge in [0.05, 0.1) is 11.9 Å². The monoisotopic (exact) mass is 306 g/mol. The summed E-state index contributed by atoms with van der Waals surface area (Å²) in [6.07, 6.45) is 2.63. The van der Waals surface area contributed by atoms with Crippen LogP contribution in [0.4, 0.5) is 0 Å². The fourth-order valence-electron chi connectivity index (χ4n) is 2.25. The zero-order chi connectivity index (χ0) is 16.1. The predicted octanol–water partition coefficient (Wildman–Crippen LogP) is 2.76. The van der Waals surface area contributed by atoms with Gasteiger partial charge in [-0.2, -0.15) is 0 Å². The molecule has 3 aromatic rings. The van der Waals surface area contributed by atoms with E-state index in [1.54, 1.807) is 10.9 Å². The minimum absolute atomic E-state index is 0.231. The number of carbonyl (C=O) groups excluding carboxylic acids is 1. The van der Waals surface area contributed by atoms with Gasteiger partial charge in [-0.3, -0.25) is 4.79 Å². The van der Waals surface area contributed by atoms with E-state index < -0.39 is 0 Å². The number of aromatic nitrogens is 3. The lowest BCUT2D eigenvalue weighted by molar-refractivity contribution is 0.0946. The number of hydrogen-bond acceptors (Lipinski definition) is 3. The SMILES string of the molecule is CCc1ccc(-n2cc(C(=O)NCc3ccccc3)nn2)cc1. The lowest BCUT2D eigenvalue weighted by Crippen LogP contribution is -2.23. The van der Waals surface area contributed by atoms with Crippen LogP contribution in [0.25, 0.3) is 5.69 Å². The summed E-state index contributed by atoms with van der Waals surface area (Å²) in [5, 5.41) is 10.8. The van der Waals surface area contributed by atoms with Crippen LogP contribution in [0, 0.1) is 0 Å². The number of aryl methyl sites for hydroxylation is 1. The number of carbonyl (C=O) groups is 1. The fraction of sp³-hybridized carbons (Fsp3) is 0.167. The van der Waals surface area contributed by atoms with Crippen LogP contribution in [0.3, 0.4) is 0 Å². The van der Waals surface area contributed by atoms with Crippen molar-refractivity contribution < 1.29 is 4.79 Å². The number of nitrogens with zero attached hydrogens (tertiary/aromatic N) is 3. The molecule has 0 radical (unpaired) electrons. The highest BCUT2D eigenvalue weighted by Crippen LogP contribution is 2.09. The molecule has 1 amide bonds. The van der Waals surface area contributed by atoms with E-state index in [2.05, 4.69) is 22.6 Å². The second-order valence-electron chi connectivity index (χ2n) is 5.24. The lowest BCUT2D eigenvalue weighted by atomic mass is 10.1. The Bertz CT molecular complexity index is 778. The summed E-state index contributed by atoms with van der Waals surface area (Å²) in [7, 11) is 0. The van der Waals surface area contributed by atoms with Crippen LogP contribution in [0.2, 0.25) is 0 Å². The van der Waals surface area contributed by atoms with Gasteiger partial charge >= 0.3 is 0 Å². The van der Waals surface area contributed by atoms with Gasteiger partial charge in [-0.05, 0) is 29.7 Å². The van der Waals surface area contributed by atoms with E-state index in [1.807, 2.05) is 54.6 Å². The molecule has 0 fully saturated rings. The number of amides is 1. The third-order valence-corrected chi connectivity index (χ3v) is 3.63. The highest BCUT2D eigenvalue weighted by atomic mass is 16.2. The quantitative estimate of drug-likeness (QED) is 0.788. The fourth-order valence-corrected chi connectivity index (χ4v) is 2.25. The maximum absolute atomic E-state index is 12.1. The van der Waals surface area contributed by atoms with Crippen LogP contribution in [0.1, 0.15) is 28.5 Å². The Morgan fingerprint density at radius 3 is 2.48 bits per heavy atom. The Labute approximate surface area is 135 Å². The van der Waals surface area contributed by atoms with E-state index >= 15 is 0 Å². The molecule has 0 bridgehead atoms. The van der Waals surface area contributed by atoms with Gasteiger partial charge in [-0.15, -0.1) is 5.10 Å². The Morgan fingerprint density at radius 2 is 1.78 bits per heavy atom. The smallest absolute Gasteiger partial charge is 0.273 e. The third-order valence-electron chi connectivity index (χ3n) is 3.63. The maximum atomic E-state index is 12.1. The summed E-state index contributed by atoms with van der Waals surface area (Å²) >= 11 is 0. The first-order valence-electron chi connectivity index (χ1n) is 7.60. The zero-order valence-electron chi connectivity index (χ0n) is 12.9. The first-order valence-corrected chi connectivity index (χ1v) is 7.60. The highest BCUT2D eigenvalue weighted by molar-refractivity contribution is 5.91. The standard InChI is InChI=1S/C18H18N4O/c1-2-14-8-10-16(11-9-14)22-13-17(20-21-22)18(23)19-12-15-6-4-3-5-7-15/h3-11,13H,2,12H2,1H3,(H,19,23). The van der Waals surface area contributed by atoms with Crippen molar-refractivity contribution in [2.24, 2.45) is 0 Å². The van der Waals surface area contributed by atoms with E-state index in [9.17, 15) is 4.79 Å². The first kappa shape index (κ1) is 15.0. The van der Waals surface area contributed by atoms with Gasteiger partial charge in [0, 0.05) is 6.54 Å². The second-order valence-corrected chi connectivity index (χ2v) is 5.24. The van der Waals surface area contributed by atoms with Gasteiger partial charge in [0.2, 0.25) is 0 Å². The zero-order valence-corrected chi connectivity index (χ0v) is 12.9. The van der Waals surface area contributed by atoms with Crippen LogP contribution in [-0.4, -0.2) is 20.9 Å². The molecular formula is C18H18N4O. The number of rotatable bonds is 5. The van der Waals surface area contributed by atoms with Crippen LogP contribution in [-0.2, 0) is 13.0 Å². The van der Waals surface area contributed by atoms with Crippen molar-refractivity contribution in [3.8, 4) is 5.69 Å². The first-order chi connectivity index (χ1) is 11.3. The topological polar surface area (TPSA) is 59.8 Å². The van der Waals surface area contributed by atoms with E-state index in [0.717, 1.165) is 17.7 Å². The molecule has 0 unspecified atom stereocenters. The molecule has 116 valence electrons. The summed E-state index contributed by atoms with van der Waals surface area (Å²) in [5.74, 6) is -0.231. The van der Waals surface area contributed by atoms with Crippen LogP contribution in [0.5, 0.6) is 0 Å². The number of hydrogen-bond donors (Lipinski definition) is 1. The molecule has 1 aromatic heterocycles. The minimum atomic E-state index is -0.231. The van der Waals surface area contributed by atoms with Crippen molar-refractivity contribution in [3.05, 3.63) is 77.6 Å². The summed E-state index contributed by atoms with van der Waals surface area (Å²) in [6.45, 7) is 2.58. The molecule has 0 atom stereocenters. The van der Waals surface area contributed by atoms with Crippen molar-refractivity contribution in [1.29, 1.82) is 0 Å². The normalized spacial score (nSPS) is 10.5. The molecule has 5 nitrogen and oxygen atoms in total. The molecule has 0 spiro atoms. The second kappa shape index (κ2) is 6.87. The van der Waals surface area contributed by atoms with E-state index in [-0.39, 0.29) is 5.91 Å². The molecule has 1 N–H and O–H groups in total. The van der Waals surface area contributed by atoms with Crippen molar-refractivity contribution in [2.75, 3.05) is 0 Å². The molecule has 0 aliphatic heterocycles. The molecule has 0 saturated carbocycles. The largest absolute Gasteiger partial charge is 0.347 e. The van der Waals surface area contributed by atoms with Gasteiger partial charge in [-0.1, -0.05) is 54.6 Å². The number of nitrogens with one attached hydrogen (secondary N) is 1. The lowest BCUT2D eigenvalue weighted by Gasteiger charge is -2.03. The Balaban J connectivity index is 1.67. The summed E-state index contributed by atoms with van der Waals surface area (Å²) in [5.41, 5.74) is 3.50. The molecule has 5 heteroatoms. The van der Waals surface area contributed by atoms with E-state index in [1.165, 1.54) is 5.56 Å². The number of benzene rings is 2. The Morgan fingerprint density at radius 1 is 1.04 bits per heavy atom. The highest BCUT2D eigenvalue weighted by Gasteiger charge is 2.11. The van der Waals surface area contributed by atoms with Gasteiger partial charge in [0.15, 0.2) is 5.69 Å². The Hall–Kier alpha value is -2.95. The van der Waals surface area contributed by atoms with Gasteiger partial charge in [-0.25, -0.2) is 4.68 Å². The average Bonchev–Trinajstić information content (AvgIpc) is 3.11.